The van der Waals surface area contributed by atoms with Gasteiger partial charge in [0.25, 0.3) is 0 Å². The van der Waals surface area contributed by atoms with E-state index in [0.717, 1.165) is 43.1 Å². The summed E-state index contributed by atoms with van der Waals surface area (Å²) in [6, 6.07) is 6.56. The SMILES string of the molecule is O=C(CCSCc1ccc(F)cc1)N1CCC[C@@H](Cn2ccnc2)C1. The number of carbonyl (C=O) groups excluding carboxylic acids is 1. The Hall–Kier alpha value is -1.82. The van der Waals surface area contributed by atoms with Crippen molar-refractivity contribution in [3.63, 3.8) is 0 Å². The van der Waals surface area contributed by atoms with Gasteiger partial charge in [-0.1, -0.05) is 12.1 Å². The molecular weight excluding hydrogens is 337 g/mol. The maximum Gasteiger partial charge on any atom is 0.223 e. The van der Waals surface area contributed by atoms with E-state index < -0.39 is 0 Å². The summed E-state index contributed by atoms with van der Waals surface area (Å²) in [6.45, 7) is 2.66. The number of nitrogens with zero attached hydrogens (tertiary/aromatic N) is 3. The predicted octanol–water partition coefficient (Wildman–Crippen LogP) is 3.58. The Kier molecular flexibility index (Phi) is 6.50. The van der Waals surface area contributed by atoms with Crippen molar-refractivity contribution in [2.75, 3.05) is 18.8 Å². The molecule has 4 nitrogen and oxygen atoms in total. The van der Waals surface area contributed by atoms with Crippen LogP contribution >= 0.6 is 11.8 Å². The lowest BCUT2D eigenvalue weighted by Gasteiger charge is -2.33. The van der Waals surface area contributed by atoms with Crippen LogP contribution in [0.1, 0.15) is 24.8 Å². The third-order valence-electron chi connectivity index (χ3n) is 4.54. The third kappa shape index (κ3) is 5.59. The third-order valence-corrected chi connectivity index (χ3v) is 5.57. The number of amides is 1. The summed E-state index contributed by atoms with van der Waals surface area (Å²) in [6.07, 6.45) is 8.43. The number of rotatable bonds is 7. The van der Waals surface area contributed by atoms with Crippen LogP contribution in [0.25, 0.3) is 0 Å². The molecule has 1 atom stereocenters. The number of imidazole rings is 1. The van der Waals surface area contributed by atoms with Crippen molar-refractivity contribution in [2.45, 2.75) is 31.6 Å². The Labute approximate surface area is 152 Å². The largest absolute Gasteiger partial charge is 0.342 e. The van der Waals surface area contributed by atoms with Crippen molar-refractivity contribution in [3.8, 4) is 0 Å². The number of hydrogen-bond acceptors (Lipinski definition) is 3. The van der Waals surface area contributed by atoms with Crippen LogP contribution in [-0.2, 0) is 17.1 Å². The summed E-state index contributed by atoms with van der Waals surface area (Å²) in [7, 11) is 0. The van der Waals surface area contributed by atoms with E-state index in [1.807, 2.05) is 17.4 Å². The van der Waals surface area contributed by atoms with Crippen LogP contribution in [0, 0.1) is 11.7 Å². The zero-order valence-electron chi connectivity index (χ0n) is 14.3. The van der Waals surface area contributed by atoms with Crippen molar-refractivity contribution < 1.29 is 9.18 Å². The molecule has 2 aromatic rings. The van der Waals surface area contributed by atoms with Gasteiger partial charge < -0.3 is 9.47 Å². The molecule has 1 aromatic carbocycles. The Morgan fingerprint density at radius 2 is 2.16 bits per heavy atom. The van der Waals surface area contributed by atoms with Gasteiger partial charge >= 0.3 is 0 Å². The summed E-state index contributed by atoms with van der Waals surface area (Å²) in [5, 5.41) is 0. The predicted molar refractivity (Wildman–Crippen MR) is 98.7 cm³/mol. The molecule has 2 heterocycles. The lowest BCUT2D eigenvalue weighted by Crippen LogP contribution is -2.41. The molecule has 1 aliphatic rings. The molecule has 0 saturated carbocycles. The summed E-state index contributed by atoms with van der Waals surface area (Å²) in [5.41, 5.74) is 1.09. The molecule has 0 radical (unpaired) electrons. The zero-order valence-corrected chi connectivity index (χ0v) is 15.1. The van der Waals surface area contributed by atoms with E-state index in [2.05, 4.69) is 9.55 Å². The average Bonchev–Trinajstić information content (AvgIpc) is 3.13. The molecule has 0 aliphatic carbocycles. The van der Waals surface area contributed by atoms with Gasteiger partial charge in [0.2, 0.25) is 5.91 Å². The molecule has 1 aromatic heterocycles. The normalized spacial score (nSPS) is 17.6. The highest BCUT2D eigenvalue weighted by Crippen LogP contribution is 2.20. The second-order valence-electron chi connectivity index (χ2n) is 6.54. The number of thioether (sulfide) groups is 1. The molecular formula is C19H24FN3OS. The summed E-state index contributed by atoms with van der Waals surface area (Å²) in [4.78, 5) is 18.5. The highest BCUT2D eigenvalue weighted by Gasteiger charge is 2.23. The van der Waals surface area contributed by atoms with Gasteiger partial charge in [0.05, 0.1) is 6.33 Å². The number of piperidine rings is 1. The Morgan fingerprint density at radius 3 is 2.92 bits per heavy atom. The summed E-state index contributed by atoms with van der Waals surface area (Å²) >= 11 is 1.73. The monoisotopic (exact) mass is 361 g/mol. The van der Waals surface area contributed by atoms with Crippen molar-refractivity contribution in [3.05, 3.63) is 54.4 Å². The average molecular weight is 361 g/mol. The standard InChI is InChI=1S/C19H24FN3OS/c20-18-5-3-16(4-6-18)14-25-11-7-19(24)23-9-1-2-17(13-23)12-22-10-8-21-15-22/h3-6,8,10,15,17H,1-2,7,9,11-14H2/t17-/m0/s1. The first kappa shape index (κ1) is 18.0. The fourth-order valence-electron chi connectivity index (χ4n) is 3.22. The Balaban J connectivity index is 1.37. The minimum absolute atomic E-state index is 0.209. The fourth-order valence-corrected chi connectivity index (χ4v) is 4.11. The molecule has 6 heteroatoms. The van der Waals surface area contributed by atoms with Gasteiger partial charge in [-0.15, -0.1) is 0 Å². The van der Waals surface area contributed by atoms with E-state index in [0.29, 0.717) is 12.3 Å². The van der Waals surface area contributed by atoms with Crippen LogP contribution < -0.4 is 0 Å². The number of likely N-dealkylation sites (tertiary alicyclic amines) is 1. The minimum Gasteiger partial charge on any atom is -0.342 e. The quantitative estimate of drug-likeness (QED) is 0.708. The first-order valence-electron chi connectivity index (χ1n) is 8.76. The second kappa shape index (κ2) is 9.04. The van der Waals surface area contributed by atoms with Gasteiger partial charge in [0, 0.05) is 50.0 Å². The van der Waals surface area contributed by atoms with E-state index in [1.165, 1.54) is 18.6 Å². The van der Waals surface area contributed by atoms with E-state index in [1.54, 1.807) is 30.1 Å². The van der Waals surface area contributed by atoms with Crippen LogP contribution in [0.4, 0.5) is 4.39 Å². The fraction of sp³-hybridized carbons (Fsp3) is 0.474. The van der Waals surface area contributed by atoms with Crippen LogP contribution in [0.2, 0.25) is 0 Å². The molecule has 134 valence electrons. The highest BCUT2D eigenvalue weighted by atomic mass is 32.2. The number of benzene rings is 1. The molecule has 0 bridgehead atoms. The molecule has 1 amide bonds. The van der Waals surface area contributed by atoms with Crippen molar-refractivity contribution in [2.24, 2.45) is 5.92 Å². The topological polar surface area (TPSA) is 38.1 Å². The number of halogens is 1. The first-order chi connectivity index (χ1) is 12.2. The maximum absolute atomic E-state index is 12.9. The van der Waals surface area contributed by atoms with Crippen LogP contribution in [0.15, 0.2) is 43.0 Å². The minimum atomic E-state index is -0.209. The first-order valence-corrected chi connectivity index (χ1v) is 9.92. The van der Waals surface area contributed by atoms with Crippen molar-refractivity contribution >= 4 is 17.7 Å². The Bertz CT molecular complexity index is 660. The van der Waals surface area contributed by atoms with Crippen LogP contribution in [0.3, 0.4) is 0 Å². The molecule has 25 heavy (non-hydrogen) atoms. The lowest BCUT2D eigenvalue weighted by atomic mass is 9.97. The molecule has 0 spiro atoms. The van der Waals surface area contributed by atoms with Crippen molar-refractivity contribution in [1.29, 1.82) is 0 Å². The maximum atomic E-state index is 12.9. The van der Waals surface area contributed by atoms with Gasteiger partial charge in [-0.2, -0.15) is 11.8 Å². The molecule has 0 unspecified atom stereocenters. The zero-order chi connectivity index (χ0) is 17.5. The van der Waals surface area contributed by atoms with E-state index in [4.69, 9.17) is 0 Å². The van der Waals surface area contributed by atoms with E-state index in [-0.39, 0.29) is 11.7 Å². The second-order valence-corrected chi connectivity index (χ2v) is 7.64. The smallest absolute Gasteiger partial charge is 0.223 e. The summed E-state index contributed by atoms with van der Waals surface area (Å²) < 4.78 is 15.0. The lowest BCUT2D eigenvalue weighted by molar-refractivity contribution is -0.132. The van der Waals surface area contributed by atoms with E-state index in [9.17, 15) is 9.18 Å². The molecule has 0 N–H and O–H groups in total. The van der Waals surface area contributed by atoms with Gasteiger partial charge in [0.1, 0.15) is 5.82 Å². The highest BCUT2D eigenvalue weighted by molar-refractivity contribution is 7.98. The van der Waals surface area contributed by atoms with E-state index >= 15 is 0 Å². The molecule has 3 rings (SSSR count). The van der Waals surface area contributed by atoms with Crippen LogP contribution in [-0.4, -0.2) is 39.2 Å². The summed E-state index contributed by atoms with van der Waals surface area (Å²) in [5.74, 6) is 2.18. The molecule has 1 saturated heterocycles. The van der Waals surface area contributed by atoms with Crippen molar-refractivity contribution in [1.82, 2.24) is 14.5 Å². The van der Waals surface area contributed by atoms with Gasteiger partial charge in [-0.3, -0.25) is 4.79 Å². The van der Waals surface area contributed by atoms with Gasteiger partial charge in [-0.05, 0) is 36.5 Å². The Morgan fingerprint density at radius 1 is 1.32 bits per heavy atom. The number of aromatic nitrogens is 2. The van der Waals surface area contributed by atoms with Gasteiger partial charge in [-0.25, -0.2) is 9.37 Å². The number of carbonyl (C=O) groups is 1. The van der Waals surface area contributed by atoms with Gasteiger partial charge in [0.15, 0.2) is 0 Å². The molecule has 1 fully saturated rings. The molecule has 1 aliphatic heterocycles. The number of hydrogen-bond donors (Lipinski definition) is 0. The van der Waals surface area contributed by atoms with Crippen LogP contribution in [0.5, 0.6) is 0 Å².